The van der Waals surface area contributed by atoms with E-state index in [1.807, 2.05) is 11.0 Å². The summed E-state index contributed by atoms with van der Waals surface area (Å²) in [6.07, 6.45) is 2.99. The summed E-state index contributed by atoms with van der Waals surface area (Å²) >= 11 is 0. The van der Waals surface area contributed by atoms with E-state index in [9.17, 15) is 18.8 Å². The lowest BCUT2D eigenvalue weighted by molar-refractivity contribution is -0.130. The Balaban J connectivity index is 1.34. The number of amides is 3. The van der Waals surface area contributed by atoms with Crippen molar-refractivity contribution in [2.24, 2.45) is 5.92 Å². The van der Waals surface area contributed by atoms with Crippen molar-refractivity contribution < 1.29 is 18.8 Å². The maximum atomic E-state index is 13.6. The van der Waals surface area contributed by atoms with E-state index in [2.05, 4.69) is 15.5 Å². The predicted molar refractivity (Wildman–Crippen MR) is 116 cm³/mol. The molecule has 0 bridgehead atoms. The lowest BCUT2D eigenvalue weighted by atomic mass is 9.95. The van der Waals surface area contributed by atoms with Crippen LogP contribution in [-0.4, -0.2) is 66.3 Å². The second kappa shape index (κ2) is 10.7. The number of carbonyl (C=O) groups is 3. The van der Waals surface area contributed by atoms with E-state index in [0.29, 0.717) is 57.7 Å². The minimum atomic E-state index is -0.261. The number of hydrogen-bond acceptors (Lipinski definition) is 4. The van der Waals surface area contributed by atoms with Gasteiger partial charge in [-0.3, -0.25) is 19.3 Å². The number of benzene rings is 1. The SMILES string of the molecule is CC(=O)N1CCC(NC(=O)CN2CCC(C(=O)NCc3ccc(C)c(F)c3)CC2)CC1. The quantitative estimate of drug-likeness (QED) is 0.715. The van der Waals surface area contributed by atoms with Gasteiger partial charge in [-0.05, 0) is 62.9 Å². The number of aryl methyl sites for hydroxylation is 1. The molecule has 8 heteroatoms. The van der Waals surface area contributed by atoms with Gasteiger partial charge in [0.15, 0.2) is 0 Å². The summed E-state index contributed by atoms with van der Waals surface area (Å²) in [5, 5.41) is 5.98. The third-order valence-electron chi connectivity index (χ3n) is 6.33. The van der Waals surface area contributed by atoms with Crippen molar-refractivity contribution in [1.82, 2.24) is 20.4 Å². The van der Waals surface area contributed by atoms with E-state index in [1.165, 1.54) is 6.07 Å². The molecule has 1 aromatic carbocycles. The van der Waals surface area contributed by atoms with Crippen LogP contribution in [0.25, 0.3) is 0 Å². The Bertz CT molecular complexity index is 800. The van der Waals surface area contributed by atoms with Crippen LogP contribution in [0.15, 0.2) is 18.2 Å². The molecule has 0 aromatic heterocycles. The predicted octanol–water partition coefficient (Wildman–Crippen LogP) is 1.59. The molecule has 0 atom stereocenters. The summed E-state index contributed by atoms with van der Waals surface area (Å²) in [5.41, 5.74) is 1.34. The molecule has 2 aliphatic rings. The van der Waals surface area contributed by atoms with Gasteiger partial charge in [0, 0.05) is 38.5 Å². The highest BCUT2D eigenvalue weighted by Gasteiger charge is 2.27. The monoisotopic (exact) mass is 432 g/mol. The molecular weight excluding hydrogens is 399 g/mol. The molecule has 0 unspecified atom stereocenters. The number of piperidine rings is 2. The Hall–Kier alpha value is -2.48. The molecule has 2 N–H and O–H groups in total. The molecule has 7 nitrogen and oxygen atoms in total. The van der Waals surface area contributed by atoms with Crippen LogP contribution in [-0.2, 0) is 20.9 Å². The van der Waals surface area contributed by atoms with Gasteiger partial charge in [-0.2, -0.15) is 0 Å². The second-order valence-electron chi connectivity index (χ2n) is 8.70. The molecule has 170 valence electrons. The fourth-order valence-electron chi connectivity index (χ4n) is 4.25. The van der Waals surface area contributed by atoms with Gasteiger partial charge in [0.2, 0.25) is 17.7 Å². The summed E-state index contributed by atoms with van der Waals surface area (Å²) in [7, 11) is 0. The number of rotatable bonds is 6. The highest BCUT2D eigenvalue weighted by Crippen LogP contribution is 2.18. The van der Waals surface area contributed by atoms with Crippen molar-refractivity contribution >= 4 is 17.7 Å². The maximum Gasteiger partial charge on any atom is 0.234 e. The maximum absolute atomic E-state index is 13.6. The molecule has 2 heterocycles. The minimum absolute atomic E-state index is 0.00516. The average molecular weight is 433 g/mol. The van der Waals surface area contributed by atoms with Gasteiger partial charge in [-0.25, -0.2) is 4.39 Å². The zero-order valence-electron chi connectivity index (χ0n) is 18.5. The summed E-state index contributed by atoms with van der Waals surface area (Å²) < 4.78 is 13.6. The van der Waals surface area contributed by atoms with E-state index in [4.69, 9.17) is 0 Å². The molecule has 3 rings (SSSR count). The summed E-state index contributed by atoms with van der Waals surface area (Å²) in [5.74, 6) is -0.260. The van der Waals surface area contributed by atoms with E-state index in [-0.39, 0.29) is 35.5 Å². The Morgan fingerprint density at radius 2 is 1.74 bits per heavy atom. The van der Waals surface area contributed by atoms with Crippen LogP contribution in [0.4, 0.5) is 4.39 Å². The molecule has 2 saturated heterocycles. The van der Waals surface area contributed by atoms with Crippen LogP contribution in [0.5, 0.6) is 0 Å². The van der Waals surface area contributed by atoms with Gasteiger partial charge >= 0.3 is 0 Å². The van der Waals surface area contributed by atoms with Gasteiger partial charge in [-0.1, -0.05) is 12.1 Å². The molecule has 3 amide bonds. The van der Waals surface area contributed by atoms with E-state index in [0.717, 1.165) is 18.4 Å². The van der Waals surface area contributed by atoms with Crippen LogP contribution in [0.1, 0.15) is 43.7 Å². The van der Waals surface area contributed by atoms with Crippen LogP contribution in [0.3, 0.4) is 0 Å². The van der Waals surface area contributed by atoms with Crippen molar-refractivity contribution in [2.45, 2.75) is 52.1 Å². The van der Waals surface area contributed by atoms with Crippen molar-refractivity contribution in [3.63, 3.8) is 0 Å². The molecule has 0 radical (unpaired) electrons. The lowest BCUT2D eigenvalue weighted by Gasteiger charge is -2.33. The van der Waals surface area contributed by atoms with Crippen molar-refractivity contribution in [3.05, 3.63) is 35.1 Å². The third-order valence-corrected chi connectivity index (χ3v) is 6.33. The van der Waals surface area contributed by atoms with Gasteiger partial charge in [0.05, 0.1) is 6.54 Å². The van der Waals surface area contributed by atoms with Crippen LogP contribution in [0, 0.1) is 18.7 Å². The van der Waals surface area contributed by atoms with E-state index in [1.54, 1.807) is 19.9 Å². The minimum Gasteiger partial charge on any atom is -0.352 e. The topological polar surface area (TPSA) is 81.8 Å². The molecule has 0 spiro atoms. The largest absolute Gasteiger partial charge is 0.352 e. The van der Waals surface area contributed by atoms with Gasteiger partial charge in [0.25, 0.3) is 0 Å². The van der Waals surface area contributed by atoms with Crippen LogP contribution >= 0.6 is 0 Å². The highest BCUT2D eigenvalue weighted by molar-refractivity contribution is 5.79. The first-order valence-corrected chi connectivity index (χ1v) is 11.1. The zero-order valence-corrected chi connectivity index (χ0v) is 18.5. The smallest absolute Gasteiger partial charge is 0.234 e. The molecular formula is C23H33FN4O3. The molecule has 2 aliphatic heterocycles. The molecule has 0 saturated carbocycles. The van der Waals surface area contributed by atoms with Gasteiger partial charge in [-0.15, -0.1) is 0 Å². The number of nitrogens with zero attached hydrogens (tertiary/aromatic N) is 2. The fraction of sp³-hybridized carbons (Fsp3) is 0.609. The Morgan fingerprint density at radius 3 is 2.35 bits per heavy atom. The molecule has 0 aliphatic carbocycles. The summed E-state index contributed by atoms with van der Waals surface area (Å²) in [6, 6.07) is 5.12. The number of likely N-dealkylation sites (tertiary alicyclic amines) is 2. The standard InChI is InChI=1S/C23H33FN4O3/c1-16-3-4-18(13-21(16)24)14-25-23(31)19-5-9-27(10-6-19)15-22(30)26-20-7-11-28(12-8-20)17(2)29/h3-4,13,19-20H,5-12,14-15H2,1-2H3,(H,25,31)(H,26,30). The van der Waals surface area contributed by atoms with Crippen LogP contribution < -0.4 is 10.6 Å². The first kappa shape index (κ1) is 23.2. The first-order chi connectivity index (χ1) is 14.8. The number of halogens is 1. The van der Waals surface area contributed by atoms with Gasteiger partial charge in [0.1, 0.15) is 5.82 Å². The van der Waals surface area contributed by atoms with Crippen molar-refractivity contribution in [3.8, 4) is 0 Å². The number of hydrogen-bond donors (Lipinski definition) is 2. The highest BCUT2D eigenvalue weighted by atomic mass is 19.1. The van der Waals surface area contributed by atoms with Crippen LogP contribution in [0.2, 0.25) is 0 Å². The normalized spacial score (nSPS) is 18.6. The fourth-order valence-corrected chi connectivity index (χ4v) is 4.25. The Labute approximate surface area is 183 Å². The second-order valence-corrected chi connectivity index (χ2v) is 8.70. The summed E-state index contributed by atoms with van der Waals surface area (Å²) in [4.78, 5) is 40.1. The molecule has 1 aromatic rings. The first-order valence-electron chi connectivity index (χ1n) is 11.1. The van der Waals surface area contributed by atoms with E-state index >= 15 is 0 Å². The van der Waals surface area contributed by atoms with Crippen molar-refractivity contribution in [1.29, 1.82) is 0 Å². The third kappa shape index (κ3) is 6.75. The van der Waals surface area contributed by atoms with Gasteiger partial charge < -0.3 is 15.5 Å². The summed E-state index contributed by atoms with van der Waals surface area (Å²) in [6.45, 7) is 6.73. The van der Waals surface area contributed by atoms with Crippen molar-refractivity contribution in [2.75, 3.05) is 32.7 Å². The zero-order chi connectivity index (χ0) is 22.4. The number of carbonyl (C=O) groups excluding carboxylic acids is 3. The number of nitrogens with one attached hydrogen (secondary N) is 2. The lowest BCUT2D eigenvalue weighted by Crippen LogP contribution is -2.49. The Morgan fingerprint density at radius 1 is 1.06 bits per heavy atom. The average Bonchev–Trinajstić information content (AvgIpc) is 2.75. The molecule has 2 fully saturated rings. The molecule has 31 heavy (non-hydrogen) atoms. The Kier molecular flexibility index (Phi) is 8.01. The van der Waals surface area contributed by atoms with E-state index < -0.39 is 0 Å².